The molecule has 3 heterocycles. The highest BCUT2D eigenvalue weighted by Gasteiger charge is 2.37. The lowest BCUT2D eigenvalue weighted by molar-refractivity contribution is 0.284. The summed E-state index contributed by atoms with van der Waals surface area (Å²) in [6.45, 7) is 5.57. The van der Waals surface area contributed by atoms with Crippen LogP contribution >= 0.6 is 34.5 Å². The number of aryl methyl sites for hydroxylation is 1. The van der Waals surface area contributed by atoms with Crippen molar-refractivity contribution in [3.8, 4) is 11.1 Å². The van der Waals surface area contributed by atoms with Crippen molar-refractivity contribution in [2.75, 3.05) is 23.9 Å². The minimum atomic E-state index is -4.39. The molecule has 7 aromatic rings. The molecule has 0 atom stereocenters. The van der Waals surface area contributed by atoms with Crippen molar-refractivity contribution in [3.63, 3.8) is 0 Å². The summed E-state index contributed by atoms with van der Waals surface area (Å²) in [5, 5.41) is 6.77. The summed E-state index contributed by atoms with van der Waals surface area (Å²) in [6, 6.07) is 36.0. The quantitative estimate of drug-likeness (QED) is 0.0688. The molecule has 0 unspecified atom stereocenters. The highest BCUT2D eigenvalue weighted by Crippen LogP contribution is 2.43. The maximum absolute atomic E-state index is 15.2. The van der Waals surface area contributed by atoms with Gasteiger partial charge < -0.3 is 5.32 Å². The average Bonchev–Trinajstić information content (AvgIpc) is 3.69. The minimum Gasteiger partial charge on any atom is -0.317 e. The molecule has 82 heavy (non-hydrogen) atoms. The molecule has 1 saturated heterocycles. The number of nitrogens with one attached hydrogen (secondary N) is 1. The number of thiophene rings is 1. The Kier molecular flexibility index (Phi) is 18.8. The van der Waals surface area contributed by atoms with Crippen LogP contribution in [0.3, 0.4) is 0 Å². The van der Waals surface area contributed by atoms with Gasteiger partial charge in [0.25, 0.3) is 10.0 Å². The molecule has 434 valence electrons. The van der Waals surface area contributed by atoms with Gasteiger partial charge in [-0.2, -0.15) is 12.9 Å². The summed E-state index contributed by atoms with van der Waals surface area (Å²) in [5.41, 5.74) is 5.67. The summed E-state index contributed by atoms with van der Waals surface area (Å²) in [7, 11) is -16.8. The molecule has 21 heteroatoms. The number of pyridine rings is 1. The Morgan fingerprint density at radius 1 is 0.549 bits per heavy atom. The molecule has 5 aromatic carbocycles. The molecule has 0 amide bonds. The van der Waals surface area contributed by atoms with Crippen LogP contribution < -0.4 is 9.62 Å². The largest absolute Gasteiger partial charge is 0.317 e. The highest BCUT2D eigenvalue weighted by molar-refractivity contribution is 7.93. The lowest BCUT2D eigenvalue weighted by atomic mass is 9.97. The van der Waals surface area contributed by atoms with Gasteiger partial charge >= 0.3 is 0 Å². The predicted octanol–water partition coefficient (Wildman–Crippen LogP) is 12.6. The zero-order valence-corrected chi connectivity index (χ0v) is 51.5. The van der Waals surface area contributed by atoms with Crippen molar-refractivity contribution in [3.05, 3.63) is 189 Å². The number of hydrogen-bond donors (Lipinski definition) is 1. The van der Waals surface area contributed by atoms with Crippen LogP contribution in [0.1, 0.15) is 97.7 Å². The van der Waals surface area contributed by atoms with E-state index < -0.39 is 40.1 Å². The molecule has 0 bridgehead atoms. The van der Waals surface area contributed by atoms with Crippen LogP contribution in [0.2, 0.25) is 10.0 Å². The van der Waals surface area contributed by atoms with E-state index in [0.717, 1.165) is 81.1 Å². The van der Waals surface area contributed by atoms with Crippen molar-refractivity contribution in [2.45, 2.75) is 136 Å². The molecular weight excluding hydrogens is 1180 g/mol. The second-order valence-corrected chi connectivity index (χ2v) is 31.0. The SMILES string of the molecule is Cc1ccc(CN(C2CCCC2)S(=O)(=O)c2ccc(S(=O)(=O)N(Cc3ccccn3)c3scc(-c4ccccc4CN(CC4CCNCC4)S(=O)(=O)c4ccc(S(=O)(=O)N(Cc5ccc(Cl)cc5)C5CCCC5)cc4)c3C)cc2)cc1Cl. The van der Waals surface area contributed by atoms with Crippen molar-refractivity contribution in [1.82, 2.24) is 23.2 Å². The molecule has 1 N–H and O–H groups in total. The fourth-order valence-electron chi connectivity index (χ4n) is 11.5. The van der Waals surface area contributed by atoms with E-state index in [0.29, 0.717) is 55.8 Å². The number of piperidine rings is 1. The van der Waals surface area contributed by atoms with E-state index in [-0.39, 0.29) is 70.3 Å². The summed E-state index contributed by atoms with van der Waals surface area (Å²) in [6.07, 6.45) is 9.68. The van der Waals surface area contributed by atoms with Crippen LogP contribution in [0.4, 0.5) is 5.00 Å². The summed E-state index contributed by atoms with van der Waals surface area (Å²) in [5.74, 6) is 0.0502. The topological polar surface area (TPSA) is 174 Å². The van der Waals surface area contributed by atoms with Crippen LogP contribution in [0, 0.1) is 19.8 Å². The van der Waals surface area contributed by atoms with Crippen LogP contribution in [0.5, 0.6) is 0 Å². The van der Waals surface area contributed by atoms with Gasteiger partial charge in [-0.1, -0.05) is 103 Å². The number of hydrogen-bond acceptors (Lipinski definition) is 11. The first-order chi connectivity index (χ1) is 39.3. The average molecular weight is 1240 g/mol. The molecule has 1 aliphatic heterocycles. The number of halogens is 2. The van der Waals surface area contributed by atoms with Gasteiger partial charge in [-0.15, -0.1) is 11.3 Å². The number of nitrogens with zero attached hydrogens (tertiary/aromatic N) is 5. The van der Waals surface area contributed by atoms with Gasteiger partial charge in [0.15, 0.2) is 0 Å². The van der Waals surface area contributed by atoms with E-state index in [4.69, 9.17) is 23.2 Å². The molecule has 14 nitrogen and oxygen atoms in total. The Hall–Kier alpha value is -5.03. The Balaban J connectivity index is 0.948. The van der Waals surface area contributed by atoms with E-state index in [1.807, 2.05) is 67.8 Å². The standard InChI is InChI=1S/C61H68Cl2N6O8S5/c1-44-18-19-48(37-60(44)63)40-68(53-15-6-7-16-53)81(74,75)56-28-30-57(31-29-56)82(76,77)69(42-51-12-9-10-34-65-51)61-45(2)59(43-78-61)58-17-8-3-11-49(58)41-66(38-47-32-35-64-36-33-47)79(70,71)54-24-26-55(27-25-54)80(72,73)67(52-13-4-5-14-52)39-46-20-22-50(62)23-21-46/h3,8-12,17-31,34,37,43,47,52-53,64H,4-7,13-16,32-33,35-36,38-42H2,1-2H3. The molecular formula is C61H68Cl2N6O8S5. The summed E-state index contributed by atoms with van der Waals surface area (Å²) < 4.78 is 124. The predicted molar refractivity (Wildman–Crippen MR) is 326 cm³/mol. The number of rotatable bonds is 22. The fraction of sp³-hybridized carbons (Fsp3) is 0.361. The summed E-state index contributed by atoms with van der Waals surface area (Å²) >= 11 is 13.9. The van der Waals surface area contributed by atoms with Gasteiger partial charge in [0, 0.05) is 59.9 Å². The molecule has 3 fully saturated rings. The van der Waals surface area contributed by atoms with E-state index in [1.165, 1.54) is 72.8 Å². The molecule has 0 spiro atoms. The van der Waals surface area contributed by atoms with Gasteiger partial charge in [0.2, 0.25) is 30.1 Å². The van der Waals surface area contributed by atoms with Gasteiger partial charge in [-0.05, 0) is 189 Å². The molecule has 10 rings (SSSR count). The second kappa shape index (κ2) is 25.7. The van der Waals surface area contributed by atoms with Crippen molar-refractivity contribution < 1.29 is 33.7 Å². The van der Waals surface area contributed by atoms with E-state index in [1.54, 1.807) is 46.9 Å². The van der Waals surface area contributed by atoms with Gasteiger partial charge in [-0.3, -0.25) is 9.29 Å². The van der Waals surface area contributed by atoms with E-state index >= 15 is 16.8 Å². The third-order valence-electron chi connectivity index (χ3n) is 16.2. The number of sulfonamides is 4. The third-order valence-corrected chi connectivity index (χ3v) is 25.5. The number of benzene rings is 5. The first-order valence-corrected chi connectivity index (χ1v) is 35.2. The van der Waals surface area contributed by atoms with Crippen molar-refractivity contribution in [1.29, 1.82) is 0 Å². The monoisotopic (exact) mass is 1240 g/mol. The maximum atomic E-state index is 15.2. The van der Waals surface area contributed by atoms with Gasteiger partial charge in [0.05, 0.1) is 31.8 Å². The fourth-order valence-corrected chi connectivity index (χ4v) is 19.5. The zero-order valence-electron chi connectivity index (χ0n) is 45.9. The van der Waals surface area contributed by atoms with Gasteiger partial charge in [-0.25, -0.2) is 33.7 Å². The normalized spacial score (nSPS) is 16.2. The van der Waals surface area contributed by atoms with Crippen LogP contribution in [0.25, 0.3) is 11.1 Å². The first-order valence-electron chi connectivity index (χ1n) is 27.8. The maximum Gasteiger partial charge on any atom is 0.265 e. The lowest BCUT2D eigenvalue weighted by Gasteiger charge is -2.30. The summed E-state index contributed by atoms with van der Waals surface area (Å²) in [4.78, 5) is 4.35. The van der Waals surface area contributed by atoms with Crippen LogP contribution in [0.15, 0.2) is 165 Å². The number of aromatic nitrogens is 1. The molecule has 2 aliphatic carbocycles. The van der Waals surface area contributed by atoms with Crippen molar-refractivity contribution >= 4 is 79.6 Å². The lowest BCUT2D eigenvalue weighted by Crippen LogP contribution is -2.39. The van der Waals surface area contributed by atoms with Crippen LogP contribution in [-0.2, 0) is 66.3 Å². The Morgan fingerprint density at radius 2 is 1.07 bits per heavy atom. The highest BCUT2D eigenvalue weighted by atomic mass is 35.5. The first kappa shape index (κ1) is 60.1. The Labute approximate surface area is 498 Å². The molecule has 2 aromatic heterocycles. The van der Waals surface area contributed by atoms with E-state index in [2.05, 4.69) is 10.3 Å². The Morgan fingerprint density at radius 3 is 1.63 bits per heavy atom. The Bertz CT molecular complexity index is 3820. The smallest absolute Gasteiger partial charge is 0.265 e. The second-order valence-electron chi connectivity index (χ2n) is 21.7. The minimum absolute atomic E-state index is 0.0113. The van der Waals surface area contributed by atoms with Crippen molar-refractivity contribution in [2.24, 2.45) is 5.92 Å². The molecule has 3 aliphatic rings. The molecule has 0 radical (unpaired) electrons. The third kappa shape index (κ3) is 13.2. The molecule has 2 saturated carbocycles. The number of anilines is 1. The van der Waals surface area contributed by atoms with Crippen LogP contribution in [-0.4, -0.2) is 83.3 Å². The van der Waals surface area contributed by atoms with Gasteiger partial charge in [0.1, 0.15) is 5.00 Å². The zero-order chi connectivity index (χ0) is 57.8. The van der Waals surface area contributed by atoms with E-state index in [9.17, 15) is 16.8 Å².